The average molecular weight is 376 g/mol. The molecule has 4 rings (SSSR count). The summed E-state index contributed by atoms with van der Waals surface area (Å²) in [7, 11) is 0. The Bertz CT molecular complexity index is 947. The zero-order valence-electron chi connectivity index (χ0n) is 14.2. The summed E-state index contributed by atoms with van der Waals surface area (Å²) in [4.78, 5) is 23.9. The third-order valence-corrected chi connectivity index (χ3v) is 4.74. The van der Waals surface area contributed by atoms with Gasteiger partial charge in [0.2, 0.25) is 0 Å². The summed E-state index contributed by atoms with van der Waals surface area (Å²) >= 11 is 0. The summed E-state index contributed by atoms with van der Waals surface area (Å²) < 4.78 is 46.7. The van der Waals surface area contributed by atoms with Gasteiger partial charge in [0.05, 0.1) is 5.56 Å². The van der Waals surface area contributed by atoms with Crippen molar-refractivity contribution in [3.63, 3.8) is 0 Å². The van der Waals surface area contributed by atoms with E-state index in [0.29, 0.717) is 23.3 Å². The molecule has 1 aliphatic heterocycles. The Morgan fingerprint density at radius 3 is 2.63 bits per heavy atom. The molecular formula is C20H15F3O4. The number of fused-ring (bicyclic) bond motifs is 4. The molecule has 4 nitrogen and oxygen atoms in total. The topological polar surface area (TPSA) is 52.6 Å². The van der Waals surface area contributed by atoms with Crippen LogP contribution in [0.3, 0.4) is 0 Å². The van der Waals surface area contributed by atoms with Crippen molar-refractivity contribution in [2.45, 2.75) is 32.0 Å². The van der Waals surface area contributed by atoms with E-state index in [4.69, 9.17) is 4.74 Å². The summed E-state index contributed by atoms with van der Waals surface area (Å²) in [5.74, 6) is -0.322. The van der Waals surface area contributed by atoms with Crippen molar-refractivity contribution < 1.29 is 32.2 Å². The second-order valence-electron chi connectivity index (χ2n) is 6.63. The minimum Gasteiger partial charge on any atom is -0.488 e. The number of benzene rings is 2. The lowest BCUT2D eigenvalue weighted by Gasteiger charge is -2.25. The smallest absolute Gasteiger partial charge is 0.422 e. The molecule has 2 aromatic carbocycles. The first kappa shape index (κ1) is 17.6. The predicted octanol–water partition coefficient (Wildman–Crippen LogP) is 4.48. The number of rotatable bonds is 2. The number of hydrogen-bond donors (Lipinski definition) is 0. The van der Waals surface area contributed by atoms with Gasteiger partial charge in [-0.3, -0.25) is 4.79 Å². The quantitative estimate of drug-likeness (QED) is 0.725. The number of carbonyl (C=O) groups is 2. The van der Waals surface area contributed by atoms with E-state index in [1.807, 2.05) is 6.07 Å². The van der Waals surface area contributed by atoms with E-state index in [1.165, 1.54) is 12.1 Å². The molecule has 0 aromatic heterocycles. The van der Waals surface area contributed by atoms with E-state index in [9.17, 15) is 22.8 Å². The number of alkyl halides is 3. The van der Waals surface area contributed by atoms with Gasteiger partial charge in [-0.05, 0) is 53.8 Å². The molecule has 1 heterocycles. The standard InChI is InChI=1S/C20H15F3O4/c21-20(22,23)10-27-19(25)12-4-5-14-13(6-12)9-26-18-8-15-11(7-16(14)18)2-1-3-17(15)24/h4-8H,1-3,9-10H2. The first-order valence-electron chi connectivity index (χ1n) is 8.52. The lowest BCUT2D eigenvalue weighted by Crippen LogP contribution is -2.20. The van der Waals surface area contributed by atoms with Crippen LogP contribution >= 0.6 is 0 Å². The zero-order valence-corrected chi connectivity index (χ0v) is 14.2. The first-order chi connectivity index (χ1) is 12.8. The third kappa shape index (κ3) is 3.41. The fraction of sp³-hybridized carbons (Fsp3) is 0.300. The second kappa shape index (κ2) is 6.40. The van der Waals surface area contributed by atoms with Crippen LogP contribution in [-0.2, 0) is 17.8 Å². The molecule has 7 heteroatoms. The van der Waals surface area contributed by atoms with Crippen molar-refractivity contribution in [2.24, 2.45) is 0 Å². The number of halogens is 3. The summed E-state index contributed by atoms with van der Waals surface area (Å²) in [6.45, 7) is -1.46. The van der Waals surface area contributed by atoms with Gasteiger partial charge in [0.15, 0.2) is 12.4 Å². The summed E-state index contributed by atoms with van der Waals surface area (Å²) in [5.41, 5.74) is 4.04. The fourth-order valence-electron chi connectivity index (χ4n) is 3.48. The largest absolute Gasteiger partial charge is 0.488 e. The SMILES string of the molecule is O=C(OCC(F)(F)F)c1ccc2c(c1)COc1cc3c(cc1-2)CCCC3=O. The highest BCUT2D eigenvalue weighted by atomic mass is 19.4. The van der Waals surface area contributed by atoms with Gasteiger partial charge in [-0.1, -0.05) is 6.07 Å². The number of aryl methyl sites for hydroxylation is 1. The van der Waals surface area contributed by atoms with Crippen molar-refractivity contribution >= 4 is 11.8 Å². The molecule has 140 valence electrons. The fourth-order valence-corrected chi connectivity index (χ4v) is 3.48. The molecule has 0 amide bonds. The van der Waals surface area contributed by atoms with E-state index in [2.05, 4.69) is 4.74 Å². The molecule has 0 atom stereocenters. The average Bonchev–Trinajstić information content (AvgIpc) is 2.64. The third-order valence-electron chi connectivity index (χ3n) is 4.74. The molecule has 27 heavy (non-hydrogen) atoms. The van der Waals surface area contributed by atoms with Crippen LogP contribution in [0, 0.1) is 0 Å². The van der Waals surface area contributed by atoms with E-state index in [0.717, 1.165) is 29.5 Å². The van der Waals surface area contributed by atoms with Crippen LogP contribution in [0.25, 0.3) is 11.1 Å². The molecular weight excluding hydrogens is 361 g/mol. The van der Waals surface area contributed by atoms with Gasteiger partial charge in [-0.15, -0.1) is 0 Å². The predicted molar refractivity (Wildman–Crippen MR) is 89.8 cm³/mol. The van der Waals surface area contributed by atoms with Crippen LogP contribution in [-0.4, -0.2) is 24.5 Å². The Morgan fingerprint density at radius 2 is 1.85 bits per heavy atom. The summed E-state index contributed by atoms with van der Waals surface area (Å²) in [5, 5.41) is 0. The van der Waals surface area contributed by atoms with Crippen molar-refractivity contribution in [3.05, 3.63) is 52.6 Å². The van der Waals surface area contributed by atoms with Gasteiger partial charge >= 0.3 is 12.1 Å². The first-order valence-corrected chi connectivity index (χ1v) is 8.52. The van der Waals surface area contributed by atoms with Gasteiger partial charge < -0.3 is 9.47 Å². The monoisotopic (exact) mass is 376 g/mol. The van der Waals surface area contributed by atoms with Crippen LogP contribution in [0.1, 0.15) is 44.7 Å². The lowest BCUT2D eigenvalue weighted by molar-refractivity contribution is -0.161. The van der Waals surface area contributed by atoms with E-state index >= 15 is 0 Å². The maximum Gasteiger partial charge on any atom is 0.422 e. The maximum atomic E-state index is 12.2. The number of Topliss-reactive ketones (excluding diaryl/α,β-unsaturated/α-hetero) is 1. The Balaban J connectivity index is 1.65. The lowest BCUT2D eigenvalue weighted by atomic mass is 9.86. The maximum absolute atomic E-state index is 12.2. The summed E-state index contributed by atoms with van der Waals surface area (Å²) in [6.07, 6.45) is -2.41. The van der Waals surface area contributed by atoms with Gasteiger partial charge in [0.1, 0.15) is 12.4 Å². The molecule has 2 aromatic rings. The molecule has 0 N–H and O–H groups in total. The minimum atomic E-state index is -4.57. The highest BCUT2D eigenvalue weighted by Crippen LogP contribution is 2.41. The molecule has 0 spiro atoms. The second-order valence-corrected chi connectivity index (χ2v) is 6.63. The van der Waals surface area contributed by atoms with Crippen molar-refractivity contribution in [3.8, 4) is 16.9 Å². The van der Waals surface area contributed by atoms with Crippen LogP contribution in [0.2, 0.25) is 0 Å². The molecule has 2 aliphatic rings. The van der Waals surface area contributed by atoms with E-state index < -0.39 is 18.8 Å². The van der Waals surface area contributed by atoms with E-state index in [-0.39, 0.29) is 18.0 Å². The number of ether oxygens (including phenoxy) is 2. The molecule has 0 radical (unpaired) electrons. The van der Waals surface area contributed by atoms with Crippen molar-refractivity contribution in [1.29, 1.82) is 0 Å². The van der Waals surface area contributed by atoms with E-state index in [1.54, 1.807) is 12.1 Å². The minimum absolute atomic E-state index is 0.0400. The Hall–Kier alpha value is -2.83. The van der Waals surface area contributed by atoms with Gasteiger partial charge in [0, 0.05) is 17.5 Å². The molecule has 1 aliphatic carbocycles. The highest BCUT2D eigenvalue weighted by molar-refractivity contribution is 6.00. The van der Waals surface area contributed by atoms with Gasteiger partial charge in [0.25, 0.3) is 0 Å². The Kier molecular flexibility index (Phi) is 4.17. The zero-order chi connectivity index (χ0) is 19.2. The Labute approximate surface area is 152 Å². The molecule has 0 saturated heterocycles. The molecule has 0 bridgehead atoms. The van der Waals surface area contributed by atoms with Crippen molar-refractivity contribution in [2.75, 3.05) is 6.61 Å². The van der Waals surface area contributed by atoms with Crippen molar-refractivity contribution in [1.82, 2.24) is 0 Å². The van der Waals surface area contributed by atoms with Crippen LogP contribution in [0.4, 0.5) is 13.2 Å². The summed E-state index contributed by atoms with van der Waals surface area (Å²) in [6, 6.07) is 8.30. The number of hydrogen-bond acceptors (Lipinski definition) is 4. The molecule has 0 fully saturated rings. The number of esters is 1. The molecule has 0 unspecified atom stereocenters. The van der Waals surface area contributed by atoms with Crippen LogP contribution in [0.5, 0.6) is 5.75 Å². The van der Waals surface area contributed by atoms with Crippen LogP contribution in [0.15, 0.2) is 30.3 Å². The Morgan fingerprint density at radius 1 is 1.04 bits per heavy atom. The van der Waals surface area contributed by atoms with Crippen LogP contribution < -0.4 is 4.74 Å². The normalized spacial score (nSPS) is 15.3. The highest BCUT2D eigenvalue weighted by Gasteiger charge is 2.30. The van der Waals surface area contributed by atoms with Gasteiger partial charge in [-0.2, -0.15) is 13.2 Å². The number of carbonyl (C=O) groups excluding carboxylic acids is 2. The van der Waals surface area contributed by atoms with Gasteiger partial charge in [-0.25, -0.2) is 4.79 Å². The molecule has 0 saturated carbocycles. The number of ketones is 1.